The second kappa shape index (κ2) is 9.53. The van der Waals surface area contributed by atoms with E-state index in [1.807, 2.05) is 13.0 Å². The largest absolute Gasteiger partial charge is 0.395 e. The van der Waals surface area contributed by atoms with Crippen LogP contribution >= 0.6 is 0 Å². The molecule has 0 saturated carbocycles. The van der Waals surface area contributed by atoms with Crippen LogP contribution in [0.5, 0.6) is 0 Å². The van der Waals surface area contributed by atoms with Gasteiger partial charge in [0, 0.05) is 38.8 Å². The number of urea groups is 1. The molecule has 2 amide bonds. The fourth-order valence-corrected chi connectivity index (χ4v) is 3.05. The zero-order valence-corrected chi connectivity index (χ0v) is 14.1. The molecule has 1 saturated heterocycles. The predicted molar refractivity (Wildman–Crippen MR) is 92.2 cm³/mol. The molecule has 0 bridgehead atoms. The van der Waals surface area contributed by atoms with Crippen molar-refractivity contribution in [3.63, 3.8) is 0 Å². The fourth-order valence-electron chi connectivity index (χ4n) is 3.05. The van der Waals surface area contributed by atoms with E-state index in [-0.39, 0.29) is 18.7 Å². The molecule has 1 aromatic rings. The maximum atomic E-state index is 12.3. The lowest BCUT2D eigenvalue weighted by Crippen LogP contribution is -2.49. The summed E-state index contributed by atoms with van der Waals surface area (Å²) in [5.74, 6) is 0. The lowest BCUT2D eigenvalue weighted by atomic mass is 10.0. The van der Waals surface area contributed by atoms with Crippen LogP contribution < -0.4 is 5.32 Å². The van der Waals surface area contributed by atoms with Crippen LogP contribution in [0.4, 0.5) is 4.79 Å². The Morgan fingerprint density at radius 3 is 2.57 bits per heavy atom. The fraction of sp³-hybridized carbons (Fsp3) is 0.611. The molecule has 128 valence electrons. The topological polar surface area (TPSA) is 55.8 Å². The molecule has 0 aromatic heterocycles. The number of hydrogen-bond donors (Lipinski definition) is 2. The van der Waals surface area contributed by atoms with E-state index in [9.17, 15) is 4.79 Å². The zero-order valence-electron chi connectivity index (χ0n) is 14.1. The lowest BCUT2D eigenvalue weighted by molar-refractivity contribution is 0.158. The highest BCUT2D eigenvalue weighted by Crippen LogP contribution is 2.14. The minimum Gasteiger partial charge on any atom is -0.395 e. The van der Waals surface area contributed by atoms with Gasteiger partial charge in [0.25, 0.3) is 0 Å². The van der Waals surface area contributed by atoms with E-state index >= 15 is 0 Å². The molecule has 1 aliphatic heterocycles. The van der Waals surface area contributed by atoms with Crippen LogP contribution in [0, 0.1) is 0 Å². The normalized spacial score (nSPS) is 16.3. The van der Waals surface area contributed by atoms with Gasteiger partial charge in [-0.05, 0) is 24.8 Å². The second-order valence-electron chi connectivity index (χ2n) is 6.20. The number of aliphatic hydroxyl groups excluding tert-OH is 1. The Hall–Kier alpha value is -1.59. The number of aliphatic hydroxyl groups is 1. The van der Waals surface area contributed by atoms with Gasteiger partial charge in [0.2, 0.25) is 0 Å². The number of nitrogens with zero attached hydrogens (tertiary/aromatic N) is 2. The Labute approximate surface area is 139 Å². The summed E-state index contributed by atoms with van der Waals surface area (Å²) in [6.07, 6.45) is 2.87. The molecule has 0 atom stereocenters. The predicted octanol–water partition coefficient (Wildman–Crippen LogP) is 2.06. The van der Waals surface area contributed by atoms with Gasteiger partial charge < -0.3 is 15.3 Å². The monoisotopic (exact) mass is 319 g/mol. The van der Waals surface area contributed by atoms with Crippen molar-refractivity contribution in [1.29, 1.82) is 0 Å². The zero-order chi connectivity index (χ0) is 16.5. The van der Waals surface area contributed by atoms with E-state index in [0.29, 0.717) is 13.1 Å². The Morgan fingerprint density at radius 1 is 1.26 bits per heavy atom. The van der Waals surface area contributed by atoms with Crippen molar-refractivity contribution in [3.8, 4) is 0 Å². The van der Waals surface area contributed by atoms with Crippen molar-refractivity contribution in [1.82, 2.24) is 15.1 Å². The highest BCUT2D eigenvalue weighted by atomic mass is 16.3. The molecular formula is C18H29N3O2. The van der Waals surface area contributed by atoms with E-state index in [1.165, 1.54) is 5.56 Å². The molecular weight excluding hydrogens is 290 g/mol. The van der Waals surface area contributed by atoms with Crippen LogP contribution in [-0.4, -0.2) is 59.8 Å². The van der Waals surface area contributed by atoms with Gasteiger partial charge in [-0.3, -0.25) is 4.90 Å². The molecule has 1 fully saturated rings. The Bertz CT molecular complexity index is 453. The molecule has 1 heterocycles. The van der Waals surface area contributed by atoms with E-state index < -0.39 is 0 Å². The van der Waals surface area contributed by atoms with Gasteiger partial charge in [0.15, 0.2) is 0 Å². The molecule has 0 unspecified atom stereocenters. The Balaban J connectivity index is 1.74. The summed E-state index contributed by atoms with van der Waals surface area (Å²) in [5.41, 5.74) is 1.34. The third kappa shape index (κ3) is 5.84. The molecule has 5 nitrogen and oxygen atoms in total. The van der Waals surface area contributed by atoms with Crippen LogP contribution in [0.2, 0.25) is 0 Å². The van der Waals surface area contributed by atoms with Crippen molar-refractivity contribution in [2.24, 2.45) is 0 Å². The van der Waals surface area contributed by atoms with Crippen molar-refractivity contribution in [2.75, 3.05) is 32.8 Å². The van der Waals surface area contributed by atoms with Crippen LogP contribution in [0.3, 0.4) is 0 Å². The minimum absolute atomic E-state index is 0.0168. The summed E-state index contributed by atoms with van der Waals surface area (Å²) >= 11 is 0. The number of carbonyl (C=O) groups excluding carboxylic acids is 1. The standard InChI is InChI=1S/C18H29N3O2/c1-2-10-21(13-14-22)18(23)19-17-8-11-20(12-9-17)15-16-6-4-3-5-7-16/h3-7,17,22H,2,8-15H2,1H3,(H,19,23). The average molecular weight is 319 g/mol. The quantitative estimate of drug-likeness (QED) is 0.809. The highest BCUT2D eigenvalue weighted by Gasteiger charge is 2.22. The number of nitrogens with one attached hydrogen (secondary N) is 1. The number of amides is 2. The number of rotatable bonds is 7. The van der Waals surface area contributed by atoms with Crippen molar-refractivity contribution >= 4 is 6.03 Å². The van der Waals surface area contributed by atoms with Crippen LogP contribution in [0.25, 0.3) is 0 Å². The van der Waals surface area contributed by atoms with E-state index in [2.05, 4.69) is 34.5 Å². The summed E-state index contributed by atoms with van der Waals surface area (Å²) in [4.78, 5) is 16.4. The number of benzene rings is 1. The average Bonchev–Trinajstić information content (AvgIpc) is 2.57. The molecule has 5 heteroatoms. The number of carbonyl (C=O) groups is 1. The highest BCUT2D eigenvalue weighted by molar-refractivity contribution is 5.74. The van der Waals surface area contributed by atoms with Gasteiger partial charge >= 0.3 is 6.03 Å². The van der Waals surface area contributed by atoms with Gasteiger partial charge in [0.1, 0.15) is 0 Å². The Morgan fingerprint density at radius 2 is 1.96 bits per heavy atom. The summed E-state index contributed by atoms with van der Waals surface area (Å²) in [6.45, 7) is 6.16. The van der Waals surface area contributed by atoms with Crippen LogP contribution in [0.15, 0.2) is 30.3 Å². The molecule has 0 radical (unpaired) electrons. The molecule has 2 rings (SSSR count). The smallest absolute Gasteiger partial charge is 0.317 e. The molecule has 1 aliphatic rings. The van der Waals surface area contributed by atoms with Crippen molar-refractivity contribution in [3.05, 3.63) is 35.9 Å². The first kappa shape index (κ1) is 17.8. The van der Waals surface area contributed by atoms with Crippen LogP contribution in [0.1, 0.15) is 31.7 Å². The molecule has 1 aromatic carbocycles. The first-order chi connectivity index (χ1) is 11.2. The summed E-state index contributed by atoms with van der Waals surface area (Å²) in [5, 5.41) is 12.2. The van der Waals surface area contributed by atoms with Gasteiger partial charge in [0.05, 0.1) is 6.61 Å². The van der Waals surface area contributed by atoms with Crippen LogP contribution in [-0.2, 0) is 6.54 Å². The van der Waals surface area contributed by atoms with Crippen molar-refractivity contribution < 1.29 is 9.90 Å². The summed E-state index contributed by atoms with van der Waals surface area (Å²) in [7, 11) is 0. The molecule has 2 N–H and O–H groups in total. The minimum atomic E-state index is -0.0394. The van der Waals surface area contributed by atoms with Gasteiger partial charge in [-0.15, -0.1) is 0 Å². The summed E-state index contributed by atoms with van der Waals surface area (Å²) in [6, 6.07) is 10.7. The third-order valence-electron chi connectivity index (χ3n) is 4.31. The maximum Gasteiger partial charge on any atom is 0.317 e. The third-order valence-corrected chi connectivity index (χ3v) is 4.31. The number of likely N-dealkylation sites (tertiary alicyclic amines) is 1. The molecule has 0 aliphatic carbocycles. The van der Waals surface area contributed by atoms with E-state index in [4.69, 9.17) is 5.11 Å². The number of hydrogen-bond acceptors (Lipinski definition) is 3. The molecule has 0 spiro atoms. The Kier molecular flexibility index (Phi) is 7.36. The van der Waals surface area contributed by atoms with Gasteiger partial charge in [-0.25, -0.2) is 4.79 Å². The maximum absolute atomic E-state index is 12.3. The first-order valence-electron chi connectivity index (χ1n) is 8.65. The van der Waals surface area contributed by atoms with Crippen molar-refractivity contribution in [2.45, 2.75) is 38.8 Å². The number of piperidine rings is 1. The van der Waals surface area contributed by atoms with Gasteiger partial charge in [-0.2, -0.15) is 0 Å². The van der Waals surface area contributed by atoms with E-state index in [1.54, 1.807) is 4.90 Å². The van der Waals surface area contributed by atoms with Gasteiger partial charge in [-0.1, -0.05) is 37.3 Å². The first-order valence-corrected chi connectivity index (χ1v) is 8.65. The summed E-state index contributed by atoms with van der Waals surface area (Å²) < 4.78 is 0. The second-order valence-corrected chi connectivity index (χ2v) is 6.20. The lowest BCUT2D eigenvalue weighted by Gasteiger charge is -2.33. The molecule has 23 heavy (non-hydrogen) atoms. The van der Waals surface area contributed by atoms with E-state index in [0.717, 1.165) is 38.9 Å². The SMILES string of the molecule is CCCN(CCO)C(=O)NC1CCN(Cc2ccccc2)CC1.